The van der Waals surface area contributed by atoms with Gasteiger partial charge in [0.1, 0.15) is 5.56 Å². The van der Waals surface area contributed by atoms with Crippen molar-refractivity contribution in [3.05, 3.63) is 39.9 Å². The lowest BCUT2D eigenvalue weighted by molar-refractivity contribution is -0.385. The number of para-hydroxylation sites is 1. The van der Waals surface area contributed by atoms with Crippen molar-refractivity contribution in [2.75, 3.05) is 0 Å². The molecule has 0 aliphatic heterocycles. The maximum Gasteiger partial charge on any atom is 0.282 e. The predicted molar refractivity (Wildman–Crippen MR) is 68.5 cm³/mol. The molecule has 0 saturated carbocycles. The van der Waals surface area contributed by atoms with Crippen LogP contribution in [0.25, 0.3) is 0 Å². The normalized spacial score (nSPS) is 11.4. The van der Waals surface area contributed by atoms with E-state index in [4.69, 9.17) is 0 Å². The van der Waals surface area contributed by atoms with E-state index in [0.29, 0.717) is 0 Å². The minimum atomic E-state index is -0.589. The monoisotopic (exact) mass is 249 g/mol. The second-order valence-corrected chi connectivity index (χ2v) is 4.12. The van der Waals surface area contributed by atoms with E-state index in [2.05, 4.69) is 10.5 Å². The highest BCUT2D eigenvalue weighted by Crippen LogP contribution is 2.17. The molecule has 1 N–H and O–H groups in total. The van der Waals surface area contributed by atoms with Gasteiger partial charge in [-0.1, -0.05) is 26.0 Å². The number of hydrazone groups is 1. The van der Waals surface area contributed by atoms with Crippen molar-refractivity contribution in [3.8, 4) is 0 Å². The van der Waals surface area contributed by atoms with E-state index in [1.807, 2.05) is 13.8 Å². The zero-order valence-electron chi connectivity index (χ0n) is 10.5. The molecule has 0 saturated heterocycles. The van der Waals surface area contributed by atoms with E-state index in [9.17, 15) is 14.9 Å². The average molecular weight is 249 g/mol. The number of hydrogen-bond acceptors (Lipinski definition) is 4. The molecule has 6 heteroatoms. The largest absolute Gasteiger partial charge is 0.282 e. The Hall–Kier alpha value is -2.24. The molecule has 1 rings (SSSR count). The summed E-state index contributed by atoms with van der Waals surface area (Å²) in [6.07, 6.45) is 0. The maximum absolute atomic E-state index is 11.8. The summed E-state index contributed by atoms with van der Waals surface area (Å²) in [7, 11) is 0. The Balaban J connectivity index is 2.92. The number of rotatable bonds is 4. The molecule has 0 spiro atoms. The molecule has 1 aromatic carbocycles. The fourth-order valence-corrected chi connectivity index (χ4v) is 1.15. The maximum atomic E-state index is 11.8. The van der Waals surface area contributed by atoms with E-state index in [-0.39, 0.29) is 17.2 Å². The van der Waals surface area contributed by atoms with Crippen LogP contribution in [0.1, 0.15) is 31.1 Å². The summed E-state index contributed by atoms with van der Waals surface area (Å²) < 4.78 is 0. The van der Waals surface area contributed by atoms with Crippen molar-refractivity contribution in [1.82, 2.24) is 5.43 Å². The van der Waals surface area contributed by atoms with Crippen molar-refractivity contribution < 1.29 is 9.72 Å². The van der Waals surface area contributed by atoms with Crippen molar-refractivity contribution >= 4 is 17.3 Å². The van der Waals surface area contributed by atoms with Gasteiger partial charge in [0.25, 0.3) is 11.6 Å². The molecule has 0 aliphatic rings. The Bertz CT molecular complexity index is 495. The Labute approximate surface area is 105 Å². The van der Waals surface area contributed by atoms with Gasteiger partial charge >= 0.3 is 0 Å². The first-order valence-electron chi connectivity index (χ1n) is 5.51. The highest BCUT2D eigenvalue weighted by molar-refractivity contribution is 5.98. The van der Waals surface area contributed by atoms with Gasteiger partial charge in [0.05, 0.1) is 4.92 Å². The first-order chi connectivity index (χ1) is 8.43. The van der Waals surface area contributed by atoms with E-state index in [0.717, 1.165) is 5.71 Å². The van der Waals surface area contributed by atoms with Crippen LogP contribution in [0.2, 0.25) is 0 Å². The number of hydrogen-bond donors (Lipinski definition) is 1. The van der Waals surface area contributed by atoms with Crippen LogP contribution in [0.5, 0.6) is 0 Å². The van der Waals surface area contributed by atoms with Gasteiger partial charge in [-0.15, -0.1) is 0 Å². The van der Waals surface area contributed by atoms with Crippen LogP contribution < -0.4 is 5.43 Å². The lowest BCUT2D eigenvalue weighted by atomic mass is 10.1. The van der Waals surface area contributed by atoms with Crippen molar-refractivity contribution in [2.24, 2.45) is 11.0 Å². The van der Waals surface area contributed by atoms with Gasteiger partial charge in [0.2, 0.25) is 0 Å². The van der Waals surface area contributed by atoms with Crippen molar-refractivity contribution in [3.63, 3.8) is 0 Å². The third-order valence-electron chi connectivity index (χ3n) is 2.51. The molecule has 0 fully saturated rings. The summed E-state index contributed by atoms with van der Waals surface area (Å²) in [5, 5.41) is 14.7. The molecule has 0 atom stereocenters. The standard InChI is InChI=1S/C12H15N3O3/c1-8(2)9(3)13-14-12(16)10-6-4-5-7-11(10)15(17)18/h4-8H,1-3H3,(H,14,16)/b13-9+. The van der Waals surface area contributed by atoms with E-state index < -0.39 is 10.8 Å². The van der Waals surface area contributed by atoms with E-state index in [1.165, 1.54) is 18.2 Å². The summed E-state index contributed by atoms with van der Waals surface area (Å²) in [5.41, 5.74) is 2.85. The number of nitrogens with zero attached hydrogens (tertiary/aromatic N) is 2. The molecule has 0 aliphatic carbocycles. The number of benzene rings is 1. The Morgan fingerprint density at radius 2 is 2.00 bits per heavy atom. The van der Waals surface area contributed by atoms with Crippen molar-refractivity contribution in [2.45, 2.75) is 20.8 Å². The lowest BCUT2D eigenvalue weighted by Gasteiger charge is -2.05. The molecule has 18 heavy (non-hydrogen) atoms. The summed E-state index contributed by atoms with van der Waals surface area (Å²) in [5.74, 6) is -0.377. The minimum absolute atomic E-state index is 0.00260. The molecule has 0 radical (unpaired) electrons. The number of carbonyl (C=O) groups excluding carboxylic acids is 1. The van der Waals surface area contributed by atoms with Gasteiger partial charge in [-0.05, 0) is 18.9 Å². The van der Waals surface area contributed by atoms with Gasteiger partial charge in [-0.3, -0.25) is 14.9 Å². The molecule has 96 valence electrons. The van der Waals surface area contributed by atoms with Crippen LogP contribution in [-0.4, -0.2) is 16.5 Å². The second-order valence-electron chi connectivity index (χ2n) is 4.12. The zero-order chi connectivity index (χ0) is 13.7. The average Bonchev–Trinajstić information content (AvgIpc) is 2.35. The molecule has 6 nitrogen and oxygen atoms in total. The number of nitrogens with one attached hydrogen (secondary N) is 1. The molecule has 1 amide bonds. The summed E-state index contributed by atoms with van der Waals surface area (Å²) in [6, 6.07) is 5.76. The number of nitro groups is 1. The number of nitro benzene ring substituents is 1. The van der Waals surface area contributed by atoms with Crippen LogP contribution >= 0.6 is 0 Å². The van der Waals surface area contributed by atoms with Crippen LogP contribution in [0.15, 0.2) is 29.4 Å². The lowest BCUT2D eigenvalue weighted by Crippen LogP contribution is -2.21. The zero-order valence-corrected chi connectivity index (χ0v) is 10.5. The van der Waals surface area contributed by atoms with Crippen LogP contribution in [-0.2, 0) is 0 Å². The van der Waals surface area contributed by atoms with Gasteiger partial charge in [-0.2, -0.15) is 5.10 Å². The van der Waals surface area contributed by atoms with Crippen molar-refractivity contribution in [1.29, 1.82) is 0 Å². The van der Waals surface area contributed by atoms with Crippen LogP contribution in [0.3, 0.4) is 0 Å². The molecular weight excluding hydrogens is 234 g/mol. The fraction of sp³-hybridized carbons (Fsp3) is 0.333. The first-order valence-corrected chi connectivity index (χ1v) is 5.51. The highest BCUT2D eigenvalue weighted by atomic mass is 16.6. The number of carbonyl (C=O) groups is 1. The van der Waals surface area contributed by atoms with Crippen LogP contribution in [0.4, 0.5) is 5.69 Å². The topological polar surface area (TPSA) is 84.6 Å². The second kappa shape index (κ2) is 5.90. The van der Waals surface area contributed by atoms with Gasteiger partial charge in [-0.25, -0.2) is 5.43 Å². The number of amides is 1. The van der Waals surface area contributed by atoms with Crippen LogP contribution in [0, 0.1) is 16.0 Å². The third kappa shape index (κ3) is 3.38. The summed E-state index contributed by atoms with van der Waals surface area (Å²) in [6.45, 7) is 5.66. The van der Waals surface area contributed by atoms with Gasteiger partial charge in [0.15, 0.2) is 0 Å². The third-order valence-corrected chi connectivity index (χ3v) is 2.51. The van der Waals surface area contributed by atoms with Gasteiger partial charge in [0, 0.05) is 11.8 Å². The quantitative estimate of drug-likeness (QED) is 0.505. The molecule has 1 aromatic rings. The molecule has 0 aromatic heterocycles. The summed E-state index contributed by atoms with van der Waals surface area (Å²) >= 11 is 0. The van der Waals surface area contributed by atoms with Gasteiger partial charge < -0.3 is 0 Å². The molecule has 0 heterocycles. The minimum Gasteiger partial charge on any atom is -0.267 e. The highest BCUT2D eigenvalue weighted by Gasteiger charge is 2.18. The smallest absolute Gasteiger partial charge is 0.267 e. The summed E-state index contributed by atoms with van der Waals surface area (Å²) in [4.78, 5) is 21.9. The SMILES string of the molecule is C/C(=N\NC(=O)c1ccccc1[N+](=O)[O-])C(C)C. The Morgan fingerprint density at radius 1 is 1.39 bits per heavy atom. The molecular formula is C12H15N3O3. The Morgan fingerprint density at radius 3 is 2.56 bits per heavy atom. The Kier molecular flexibility index (Phi) is 4.53. The fourth-order valence-electron chi connectivity index (χ4n) is 1.15. The van der Waals surface area contributed by atoms with E-state index in [1.54, 1.807) is 13.0 Å². The molecule has 0 unspecified atom stereocenters. The first kappa shape index (κ1) is 13.8. The predicted octanol–water partition coefficient (Wildman–Crippen LogP) is 2.36. The van der Waals surface area contributed by atoms with E-state index >= 15 is 0 Å². The molecule has 0 bridgehead atoms.